The van der Waals surface area contributed by atoms with E-state index in [0.717, 1.165) is 17.5 Å². The van der Waals surface area contributed by atoms with Gasteiger partial charge in [-0.25, -0.2) is 0 Å². The van der Waals surface area contributed by atoms with E-state index in [0.29, 0.717) is 11.7 Å². The van der Waals surface area contributed by atoms with Crippen molar-refractivity contribution in [3.63, 3.8) is 0 Å². The highest BCUT2D eigenvalue weighted by Gasteiger charge is 2.39. The van der Waals surface area contributed by atoms with Crippen molar-refractivity contribution in [1.82, 2.24) is 9.88 Å². The molecule has 4 heteroatoms. The van der Waals surface area contributed by atoms with Crippen molar-refractivity contribution in [2.45, 2.75) is 31.7 Å². The average Bonchev–Trinajstić information content (AvgIpc) is 3.00. The first-order valence-corrected chi connectivity index (χ1v) is 7.07. The number of amides is 1. The van der Waals surface area contributed by atoms with E-state index in [1.165, 1.54) is 25.7 Å². The minimum Gasteiger partial charge on any atom is -0.382 e. The number of carbonyl (C=O) groups is 1. The number of nitrogens with one attached hydrogen (secondary N) is 1. The van der Waals surface area contributed by atoms with Gasteiger partial charge in [-0.15, -0.1) is 0 Å². The van der Waals surface area contributed by atoms with Gasteiger partial charge in [-0.2, -0.15) is 0 Å². The number of rotatable bonds is 3. The van der Waals surface area contributed by atoms with Crippen LogP contribution in [0.2, 0.25) is 0 Å². The van der Waals surface area contributed by atoms with Crippen LogP contribution >= 0.6 is 0 Å². The van der Waals surface area contributed by atoms with E-state index >= 15 is 0 Å². The molecule has 19 heavy (non-hydrogen) atoms. The normalized spacial score (nSPS) is 28.4. The molecule has 1 aromatic rings. The summed E-state index contributed by atoms with van der Waals surface area (Å²) >= 11 is 0. The second kappa shape index (κ2) is 4.83. The van der Waals surface area contributed by atoms with Crippen LogP contribution < -0.4 is 5.32 Å². The Labute approximate surface area is 114 Å². The highest BCUT2D eigenvalue weighted by Crippen LogP contribution is 2.45. The Morgan fingerprint density at radius 3 is 2.84 bits per heavy atom. The molecule has 0 aromatic carbocycles. The Kier molecular flexibility index (Phi) is 3.17. The molecule has 102 valence electrons. The summed E-state index contributed by atoms with van der Waals surface area (Å²) in [6.45, 7) is 0. The number of fused-ring (bicyclic) bond motifs is 2. The summed E-state index contributed by atoms with van der Waals surface area (Å²) in [4.78, 5) is 17.6. The van der Waals surface area contributed by atoms with E-state index in [1.54, 1.807) is 25.2 Å². The third-order valence-corrected chi connectivity index (χ3v) is 4.48. The van der Waals surface area contributed by atoms with Crippen molar-refractivity contribution in [3.05, 3.63) is 24.0 Å². The minimum absolute atomic E-state index is 0.0448. The number of hydrogen-bond acceptors (Lipinski definition) is 3. The summed E-state index contributed by atoms with van der Waals surface area (Å²) in [7, 11) is 3.50. The zero-order valence-electron chi connectivity index (χ0n) is 11.6. The number of pyridine rings is 1. The summed E-state index contributed by atoms with van der Waals surface area (Å²) in [6.07, 6.45) is 7.14. The number of aromatic nitrogens is 1. The molecule has 2 fully saturated rings. The molecule has 3 unspecified atom stereocenters. The standard InChI is InChI=1S/C15H21N3O/c1-18(2)15(19)14-9-12(5-6-16-14)17-13-8-10-3-4-11(13)7-10/h5-6,9-11,13H,3-4,7-8H2,1-2H3,(H,16,17). The molecule has 1 heterocycles. The second-order valence-electron chi connectivity index (χ2n) is 6.06. The van der Waals surface area contributed by atoms with Crippen molar-refractivity contribution >= 4 is 11.6 Å². The maximum absolute atomic E-state index is 11.9. The molecule has 1 amide bonds. The maximum Gasteiger partial charge on any atom is 0.272 e. The average molecular weight is 259 g/mol. The van der Waals surface area contributed by atoms with Crippen LogP contribution in [-0.2, 0) is 0 Å². The zero-order chi connectivity index (χ0) is 13.4. The van der Waals surface area contributed by atoms with Gasteiger partial charge in [0.05, 0.1) is 0 Å². The van der Waals surface area contributed by atoms with E-state index < -0.39 is 0 Å². The molecule has 2 bridgehead atoms. The van der Waals surface area contributed by atoms with Gasteiger partial charge in [0.1, 0.15) is 5.69 Å². The lowest BCUT2D eigenvalue weighted by molar-refractivity contribution is 0.0822. The lowest BCUT2D eigenvalue weighted by atomic mass is 9.95. The largest absolute Gasteiger partial charge is 0.382 e. The lowest BCUT2D eigenvalue weighted by Crippen LogP contribution is -2.26. The van der Waals surface area contributed by atoms with Gasteiger partial charge in [0, 0.05) is 32.0 Å². The summed E-state index contributed by atoms with van der Waals surface area (Å²) in [5, 5.41) is 3.60. The molecule has 2 saturated carbocycles. The van der Waals surface area contributed by atoms with Gasteiger partial charge in [0.15, 0.2) is 0 Å². The van der Waals surface area contributed by atoms with E-state index in [-0.39, 0.29) is 5.91 Å². The molecule has 0 spiro atoms. The fourth-order valence-corrected chi connectivity index (χ4v) is 3.50. The van der Waals surface area contributed by atoms with Crippen LogP contribution in [0, 0.1) is 11.8 Å². The van der Waals surface area contributed by atoms with Crippen LogP contribution in [0.4, 0.5) is 5.69 Å². The maximum atomic E-state index is 11.9. The van der Waals surface area contributed by atoms with E-state index in [2.05, 4.69) is 10.3 Å². The van der Waals surface area contributed by atoms with Gasteiger partial charge in [0.2, 0.25) is 0 Å². The smallest absolute Gasteiger partial charge is 0.272 e. The molecule has 1 aromatic heterocycles. The highest BCUT2D eigenvalue weighted by molar-refractivity contribution is 5.92. The lowest BCUT2D eigenvalue weighted by Gasteiger charge is -2.24. The van der Waals surface area contributed by atoms with Gasteiger partial charge in [-0.3, -0.25) is 9.78 Å². The van der Waals surface area contributed by atoms with E-state index in [1.807, 2.05) is 12.1 Å². The van der Waals surface area contributed by atoms with Crippen LogP contribution in [0.15, 0.2) is 18.3 Å². The number of hydrogen-bond donors (Lipinski definition) is 1. The molecule has 3 rings (SSSR count). The molecule has 2 aliphatic carbocycles. The van der Waals surface area contributed by atoms with Crippen molar-refractivity contribution in [1.29, 1.82) is 0 Å². The van der Waals surface area contributed by atoms with E-state index in [9.17, 15) is 4.79 Å². The Balaban J connectivity index is 1.71. The van der Waals surface area contributed by atoms with Crippen LogP contribution in [0.25, 0.3) is 0 Å². The fraction of sp³-hybridized carbons (Fsp3) is 0.600. The second-order valence-corrected chi connectivity index (χ2v) is 6.06. The van der Waals surface area contributed by atoms with Gasteiger partial charge < -0.3 is 10.2 Å². The van der Waals surface area contributed by atoms with Crippen molar-refractivity contribution in [3.8, 4) is 0 Å². The van der Waals surface area contributed by atoms with Crippen LogP contribution in [-0.4, -0.2) is 35.9 Å². The van der Waals surface area contributed by atoms with Gasteiger partial charge in [-0.1, -0.05) is 6.42 Å². The molecular formula is C15H21N3O. The summed E-state index contributed by atoms with van der Waals surface area (Å²) in [6, 6.07) is 4.41. The van der Waals surface area contributed by atoms with E-state index in [4.69, 9.17) is 0 Å². The Morgan fingerprint density at radius 2 is 2.21 bits per heavy atom. The highest BCUT2D eigenvalue weighted by atomic mass is 16.2. The summed E-state index contributed by atoms with van der Waals surface area (Å²) in [5.74, 6) is 1.70. The molecule has 4 nitrogen and oxygen atoms in total. The molecule has 0 radical (unpaired) electrons. The SMILES string of the molecule is CN(C)C(=O)c1cc(NC2CC3CCC2C3)ccn1. The molecule has 0 aliphatic heterocycles. The topological polar surface area (TPSA) is 45.2 Å². The molecule has 0 saturated heterocycles. The Hall–Kier alpha value is -1.58. The monoisotopic (exact) mass is 259 g/mol. The fourth-order valence-electron chi connectivity index (χ4n) is 3.50. The third-order valence-electron chi connectivity index (χ3n) is 4.48. The van der Waals surface area contributed by atoms with Crippen molar-refractivity contribution < 1.29 is 4.79 Å². The number of nitrogens with zero attached hydrogens (tertiary/aromatic N) is 2. The van der Waals surface area contributed by atoms with Crippen LogP contribution in [0.3, 0.4) is 0 Å². The van der Waals surface area contributed by atoms with Crippen molar-refractivity contribution in [2.24, 2.45) is 11.8 Å². The zero-order valence-corrected chi connectivity index (χ0v) is 11.6. The predicted molar refractivity (Wildman–Crippen MR) is 75.1 cm³/mol. The third kappa shape index (κ3) is 2.44. The first-order valence-electron chi connectivity index (χ1n) is 7.07. The Morgan fingerprint density at radius 1 is 1.37 bits per heavy atom. The quantitative estimate of drug-likeness (QED) is 0.906. The summed E-state index contributed by atoms with van der Waals surface area (Å²) in [5.41, 5.74) is 1.54. The Bertz CT molecular complexity index is 486. The molecule has 1 N–H and O–H groups in total. The van der Waals surface area contributed by atoms with Gasteiger partial charge in [-0.05, 0) is 43.2 Å². The van der Waals surface area contributed by atoms with Gasteiger partial charge in [0.25, 0.3) is 5.91 Å². The first-order chi connectivity index (χ1) is 9.13. The predicted octanol–water partition coefficient (Wildman–Crippen LogP) is 2.38. The molecule has 3 atom stereocenters. The van der Waals surface area contributed by atoms with Gasteiger partial charge >= 0.3 is 0 Å². The number of carbonyl (C=O) groups excluding carboxylic acids is 1. The minimum atomic E-state index is -0.0448. The number of anilines is 1. The molecule has 2 aliphatic rings. The summed E-state index contributed by atoms with van der Waals surface area (Å²) < 4.78 is 0. The van der Waals surface area contributed by atoms with Crippen LogP contribution in [0.1, 0.15) is 36.2 Å². The van der Waals surface area contributed by atoms with Crippen LogP contribution in [0.5, 0.6) is 0 Å². The molecular weight excluding hydrogens is 238 g/mol. The van der Waals surface area contributed by atoms with Crippen molar-refractivity contribution in [2.75, 3.05) is 19.4 Å². The first kappa shape index (κ1) is 12.5.